The van der Waals surface area contributed by atoms with Gasteiger partial charge in [-0.3, -0.25) is 9.59 Å². The topological polar surface area (TPSA) is 121 Å². The molecule has 3 atom stereocenters. The molecule has 0 saturated carbocycles. The van der Waals surface area contributed by atoms with Gasteiger partial charge in [-0.05, 0) is 36.5 Å². The van der Waals surface area contributed by atoms with Crippen LogP contribution in [0.3, 0.4) is 0 Å². The van der Waals surface area contributed by atoms with Gasteiger partial charge in [0.05, 0.1) is 24.0 Å². The van der Waals surface area contributed by atoms with Gasteiger partial charge < -0.3 is 19.8 Å². The first kappa shape index (κ1) is 27.4. The van der Waals surface area contributed by atoms with Crippen molar-refractivity contribution >= 4 is 11.8 Å². The third-order valence-electron chi connectivity index (χ3n) is 7.05. The summed E-state index contributed by atoms with van der Waals surface area (Å²) in [5, 5.41) is 25.2. The number of aliphatic hydroxyl groups excluding tert-OH is 1. The molecule has 0 spiro atoms. The van der Waals surface area contributed by atoms with Crippen molar-refractivity contribution < 1.29 is 19.2 Å². The van der Waals surface area contributed by atoms with Crippen LogP contribution in [-0.4, -0.2) is 56.4 Å². The molecule has 9 heteroatoms. The number of aromatic nitrogens is 3. The fraction of sp³-hybridized carbons (Fsp3) is 0.483. The number of carbonyl (C=O) groups excluding carboxylic acids is 2. The number of benzene rings is 1. The third kappa shape index (κ3) is 5.93. The fourth-order valence-corrected chi connectivity index (χ4v) is 4.85. The van der Waals surface area contributed by atoms with Gasteiger partial charge in [-0.25, -0.2) is 0 Å². The van der Waals surface area contributed by atoms with Crippen molar-refractivity contribution in [2.24, 2.45) is 5.92 Å². The van der Waals surface area contributed by atoms with Gasteiger partial charge in [0.25, 0.3) is 0 Å². The number of aliphatic hydroxyl groups is 1. The number of rotatable bonds is 8. The van der Waals surface area contributed by atoms with E-state index in [1.165, 1.54) is 0 Å². The fourth-order valence-electron chi connectivity index (χ4n) is 4.85. The van der Waals surface area contributed by atoms with Crippen LogP contribution in [0.4, 0.5) is 0 Å². The number of carbonyl (C=O) groups is 2. The van der Waals surface area contributed by atoms with Crippen molar-refractivity contribution in [1.29, 1.82) is 0 Å². The maximum atomic E-state index is 13.8. The molecule has 2 aromatic heterocycles. The van der Waals surface area contributed by atoms with Crippen LogP contribution < -0.4 is 5.32 Å². The Labute approximate surface area is 223 Å². The smallest absolute Gasteiger partial charge is 0.243 e. The average Bonchev–Trinajstić information content (AvgIpc) is 3.58. The van der Waals surface area contributed by atoms with Crippen LogP contribution in [0.15, 0.2) is 53.2 Å². The minimum absolute atomic E-state index is 0.0365. The van der Waals surface area contributed by atoms with Crippen LogP contribution in [0.1, 0.15) is 76.4 Å². The number of likely N-dealkylation sites (tertiary alicyclic amines) is 1. The summed E-state index contributed by atoms with van der Waals surface area (Å²) in [6, 6.07) is 11.8. The zero-order chi connectivity index (χ0) is 27.4. The predicted octanol–water partition coefficient (Wildman–Crippen LogP) is 4.01. The lowest BCUT2D eigenvalue weighted by Crippen LogP contribution is -2.49. The summed E-state index contributed by atoms with van der Waals surface area (Å²) in [5.41, 5.74) is 2.98. The molecule has 4 rings (SSSR count). The summed E-state index contributed by atoms with van der Waals surface area (Å²) < 4.78 is 5.63. The van der Waals surface area contributed by atoms with Crippen LogP contribution in [0.5, 0.6) is 0 Å². The van der Waals surface area contributed by atoms with Gasteiger partial charge in [-0.1, -0.05) is 64.0 Å². The Bertz CT molecular complexity index is 1230. The van der Waals surface area contributed by atoms with Crippen molar-refractivity contribution in [3.8, 4) is 11.3 Å². The van der Waals surface area contributed by atoms with E-state index in [4.69, 9.17) is 4.52 Å². The highest BCUT2D eigenvalue weighted by Gasteiger charge is 2.41. The molecule has 0 unspecified atom stereocenters. The minimum Gasteiger partial charge on any atom is -0.394 e. The molecular weight excluding hydrogens is 482 g/mol. The van der Waals surface area contributed by atoms with Crippen LogP contribution in [-0.2, 0) is 15.0 Å². The van der Waals surface area contributed by atoms with Gasteiger partial charge in [0, 0.05) is 29.8 Å². The van der Waals surface area contributed by atoms with Gasteiger partial charge >= 0.3 is 0 Å². The second kappa shape index (κ2) is 11.4. The van der Waals surface area contributed by atoms with E-state index >= 15 is 0 Å². The van der Waals surface area contributed by atoms with Crippen molar-refractivity contribution in [1.82, 2.24) is 25.6 Å². The molecule has 1 aromatic carbocycles. The van der Waals surface area contributed by atoms with Gasteiger partial charge in [-0.15, -0.1) is 0 Å². The lowest BCUT2D eigenvalue weighted by molar-refractivity contribution is -0.141. The predicted molar refractivity (Wildman–Crippen MR) is 143 cm³/mol. The third-order valence-corrected chi connectivity index (χ3v) is 7.05. The molecule has 3 aromatic rings. The van der Waals surface area contributed by atoms with Crippen LogP contribution >= 0.6 is 0 Å². The highest BCUT2D eigenvalue weighted by Crippen LogP contribution is 2.33. The zero-order valence-corrected chi connectivity index (χ0v) is 22.7. The van der Waals surface area contributed by atoms with Crippen LogP contribution in [0, 0.1) is 5.92 Å². The maximum Gasteiger partial charge on any atom is 0.243 e. The van der Waals surface area contributed by atoms with E-state index in [1.54, 1.807) is 11.1 Å². The molecule has 0 aliphatic carbocycles. The Balaban J connectivity index is 1.48. The van der Waals surface area contributed by atoms with Gasteiger partial charge in [0.2, 0.25) is 11.8 Å². The number of hydrogen-bond acceptors (Lipinski definition) is 7. The van der Waals surface area contributed by atoms with Crippen LogP contribution in [0.2, 0.25) is 0 Å². The number of hydrogen-bond donors (Lipinski definition) is 2. The van der Waals surface area contributed by atoms with Crippen LogP contribution in [0.25, 0.3) is 11.3 Å². The van der Waals surface area contributed by atoms with E-state index in [9.17, 15) is 14.7 Å². The standard InChI is InChI=1S/C29H37N5O4/c1-18(2)26(24-16-25(33-38-24)29(3,4)5)28(37)34-15-7-9-23(34)27(36)31-22(17-35)20-12-10-19(11-13-20)21-8-6-14-30-32-21/h6,8,10-14,16,18,22-23,26,35H,7,9,15,17H2,1-5H3,(H,31,36)/t22-,23-,26+/m0/s1. The average molecular weight is 520 g/mol. The molecule has 1 aliphatic heterocycles. The van der Waals surface area contributed by atoms with Crippen molar-refractivity contribution in [2.75, 3.05) is 13.2 Å². The number of amides is 2. The Morgan fingerprint density at radius 1 is 1.18 bits per heavy atom. The Kier molecular flexibility index (Phi) is 8.26. The molecule has 3 heterocycles. The summed E-state index contributed by atoms with van der Waals surface area (Å²) in [6.07, 6.45) is 2.91. The maximum absolute atomic E-state index is 13.8. The monoisotopic (exact) mass is 519 g/mol. The lowest BCUT2D eigenvalue weighted by Gasteiger charge is -2.30. The Hall–Kier alpha value is -3.59. The first-order chi connectivity index (χ1) is 18.1. The molecule has 0 radical (unpaired) electrons. The molecular formula is C29H37N5O4. The molecule has 0 bridgehead atoms. The van der Waals surface area contributed by atoms with Gasteiger partial charge in [0.1, 0.15) is 17.7 Å². The number of nitrogens with zero attached hydrogens (tertiary/aromatic N) is 4. The van der Waals surface area contributed by atoms with E-state index in [-0.39, 0.29) is 29.8 Å². The number of nitrogens with one attached hydrogen (secondary N) is 1. The zero-order valence-electron chi connectivity index (χ0n) is 22.7. The van der Waals surface area contributed by atoms with E-state index < -0.39 is 18.0 Å². The van der Waals surface area contributed by atoms with Gasteiger partial charge in [-0.2, -0.15) is 10.2 Å². The normalized spacial score (nSPS) is 17.4. The molecule has 202 valence electrons. The Morgan fingerprint density at radius 2 is 1.92 bits per heavy atom. The van der Waals surface area contributed by atoms with E-state index in [0.717, 1.165) is 28.9 Å². The largest absolute Gasteiger partial charge is 0.394 e. The first-order valence-corrected chi connectivity index (χ1v) is 13.2. The molecule has 1 saturated heterocycles. The lowest BCUT2D eigenvalue weighted by atomic mass is 9.88. The molecule has 9 nitrogen and oxygen atoms in total. The summed E-state index contributed by atoms with van der Waals surface area (Å²) in [7, 11) is 0. The van der Waals surface area contributed by atoms with Gasteiger partial charge in [0.15, 0.2) is 0 Å². The highest BCUT2D eigenvalue weighted by molar-refractivity contribution is 5.91. The highest BCUT2D eigenvalue weighted by atomic mass is 16.5. The molecule has 2 amide bonds. The quantitative estimate of drug-likeness (QED) is 0.461. The van der Waals surface area contributed by atoms with Crippen molar-refractivity contribution in [3.05, 3.63) is 65.7 Å². The van der Waals surface area contributed by atoms with E-state index in [0.29, 0.717) is 18.7 Å². The molecule has 1 fully saturated rings. The molecule has 2 N–H and O–H groups in total. The first-order valence-electron chi connectivity index (χ1n) is 13.2. The Morgan fingerprint density at radius 3 is 2.50 bits per heavy atom. The van der Waals surface area contributed by atoms with E-state index in [2.05, 4.69) is 20.7 Å². The summed E-state index contributed by atoms with van der Waals surface area (Å²) in [5.74, 6) is -0.455. The molecule has 1 aliphatic rings. The second-order valence-electron chi connectivity index (χ2n) is 11.3. The molecule has 38 heavy (non-hydrogen) atoms. The summed E-state index contributed by atoms with van der Waals surface area (Å²) in [4.78, 5) is 28.8. The van der Waals surface area contributed by atoms with Crippen molar-refractivity contribution in [2.45, 2.75) is 70.9 Å². The minimum atomic E-state index is -0.610. The summed E-state index contributed by atoms with van der Waals surface area (Å²) >= 11 is 0. The second-order valence-corrected chi connectivity index (χ2v) is 11.3. The van der Waals surface area contributed by atoms with Crippen molar-refractivity contribution in [3.63, 3.8) is 0 Å². The van der Waals surface area contributed by atoms with E-state index in [1.807, 2.05) is 77.1 Å². The summed E-state index contributed by atoms with van der Waals surface area (Å²) in [6.45, 7) is 10.3. The SMILES string of the molecule is CC(C)[C@@H](C(=O)N1CCC[C@H]1C(=O)N[C@@H](CO)c1ccc(-c2cccnn2)cc1)c1cc(C(C)(C)C)no1.